The Balaban J connectivity index is 4.23. The molecule has 0 aliphatic carbocycles. The number of aliphatic hydroxyl groups excluding tert-OH is 4. The third-order valence-corrected chi connectivity index (χ3v) is 2.08. The van der Waals surface area contributed by atoms with Crippen LogP contribution in [0.25, 0.3) is 0 Å². The Labute approximate surface area is 90.2 Å². The minimum Gasteiger partial charge on any atom is -0.394 e. The highest BCUT2D eigenvalue weighted by molar-refractivity contribution is 7.46. The van der Waals surface area contributed by atoms with Crippen LogP contribution in [-0.2, 0) is 13.9 Å². The van der Waals surface area contributed by atoms with E-state index in [0.717, 1.165) is 0 Å². The molecule has 0 spiro atoms. The molecule has 0 aliphatic heterocycles. The standard InChI is InChI=1S/C6H13O9P/c7-1-3(8)5(10)6(11)4(9)2-15-16(12,13)14/h3,5-8,10-11H,1-2H2,(H2,12,13,14)/t3-,5-,6-/m1/s1. The molecule has 0 saturated carbocycles. The van der Waals surface area contributed by atoms with Crippen LogP contribution >= 0.6 is 7.82 Å². The summed E-state index contributed by atoms with van der Waals surface area (Å²) in [6.45, 7) is -2.01. The number of hydrogen-bond donors (Lipinski definition) is 6. The van der Waals surface area contributed by atoms with Crippen molar-refractivity contribution in [3.8, 4) is 0 Å². The first-order chi connectivity index (χ1) is 7.19. The van der Waals surface area contributed by atoms with Gasteiger partial charge in [0.05, 0.1) is 6.61 Å². The first-order valence-electron chi connectivity index (χ1n) is 4.07. The van der Waals surface area contributed by atoms with Crippen molar-refractivity contribution in [2.24, 2.45) is 0 Å². The van der Waals surface area contributed by atoms with E-state index in [2.05, 4.69) is 4.52 Å². The van der Waals surface area contributed by atoms with E-state index in [0.29, 0.717) is 0 Å². The number of phosphoric ester groups is 1. The van der Waals surface area contributed by atoms with Crippen molar-refractivity contribution in [2.75, 3.05) is 13.2 Å². The first kappa shape index (κ1) is 15.6. The monoisotopic (exact) mass is 260 g/mol. The number of phosphoric acid groups is 1. The average Bonchev–Trinajstić information content (AvgIpc) is 2.21. The van der Waals surface area contributed by atoms with Gasteiger partial charge < -0.3 is 30.2 Å². The zero-order chi connectivity index (χ0) is 12.9. The lowest BCUT2D eigenvalue weighted by Crippen LogP contribution is -2.45. The molecule has 0 rings (SSSR count). The quantitative estimate of drug-likeness (QED) is 0.258. The molecule has 0 amide bonds. The van der Waals surface area contributed by atoms with E-state index in [9.17, 15) is 9.36 Å². The molecule has 0 bridgehead atoms. The van der Waals surface area contributed by atoms with Crippen molar-refractivity contribution in [3.05, 3.63) is 0 Å². The summed E-state index contributed by atoms with van der Waals surface area (Å²) in [6, 6.07) is 0. The van der Waals surface area contributed by atoms with Crippen molar-refractivity contribution in [2.45, 2.75) is 18.3 Å². The predicted molar refractivity (Wildman–Crippen MR) is 48.1 cm³/mol. The van der Waals surface area contributed by atoms with Crippen molar-refractivity contribution in [1.29, 1.82) is 0 Å². The summed E-state index contributed by atoms with van der Waals surface area (Å²) < 4.78 is 14.0. The molecule has 0 heterocycles. The fraction of sp³-hybridized carbons (Fsp3) is 0.833. The zero-order valence-electron chi connectivity index (χ0n) is 8.00. The molecule has 0 fully saturated rings. The summed E-state index contributed by atoms with van der Waals surface area (Å²) in [5, 5.41) is 35.4. The Bertz CT molecular complexity index is 273. The summed E-state index contributed by atoms with van der Waals surface area (Å²) >= 11 is 0. The molecule has 0 aromatic rings. The molecule has 96 valence electrons. The lowest BCUT2D eigenvalue weighted by molar-refractivity contribution is -0.142. The van der Waals surface area contributed by atoms with Crippen LogP contribution in [0.2, 0.25) is 0 Å². The fourth-order valence-electron chi connectivity index (χ4n) is 0.742. The second kappa shape index (κ2) is 6.38. The van der Waals surface area contributed by atoms with E-state index >= 15 is 0 Å². The molecule has 16 heavy (non-hydrogen) atoms. The maximum Gasteiger partial charge on any atom is 0.470 e. The maximum atomic E-state index is 11.0. The van der Waals surface area contributed by atoms with Gasteiger partial charge in [-0.1, -0.05) is 0 Å². The van der Waals surface area contributed by atoms with E-state index < -0.39 is 45.1 Å². The Morgan fingerprint density at radius 3 is 2.12 bits per heavy atom. The SMILES string of the molecule is O=C(COP(=O)(O)O)[C@@H](O)[C@H](O)[C@H](O)CO. The number of rotatable bonds is 7. The highest BCUT2D eigenvalue weighted by Crippen LogP contribution is 2.35. The highest BCUT2D eigenvalue weighted by atomic mass is 31.2. The molecule has 9 nitrogen and oxygen atoms in total. The molecule has 6 N–H and O–H groups in total. The lowest BCUT2D eigenvalue weighted by Gasteiger charge is -2.20. The minimum atomic E-state index is -4.85. The van der Waals surface area contributed by atoms with Gasteiger partial charge in [-0.15, -0.1) is 0 Å². The fourth-order valence-corrected chi connectivity index (χ4v) is 1.04. The van der Waals surface area contributed by atoms with Gasteiger partial charge in [-0.2, -0.15) is 0 Å². The molecular weight excluding hydrogens is 247 g/mol. The smallest absolute Gasteiger partial charge is 0.394 e. The van der Waals surface area contributed by atoms with Gasteiger partial charge in [0.15, 0.2) is 5.78 Å². The van der Waals surface area contributed by atoms with Crippen LogP contribution in [0.5, 0.6) is 0 Å². The number of hydrogen-bond acceptors (Lipinski definition) is 7. The van der Waals surface area contributed by atoms with E-state index in [4.69, 9.17) is 30.2 Å². The zero-order valence-corrected chi connectivity index (χ0v) is 8.90. The molecule has 0 saturated heterocycles. The van der Waals surface area contributed by atoms with Gasteiger partial charge in [0, 0.05) is 0 Å². The molecule has 0 unspecified atom stereocenters. The second-order valence-electron chi connectivity index (χ2n) is 2.92. The van der Waals surface area contributed by atoms with Crippen LogP contribution in [-0.4, -0.2) is 67.5 Å². The van der Waals surface area contributed by atoms with E-state index in [1.165, 1.54) is 0 Å². The Morgan fingerprint density at radius 1 is 1.25 bits per heavy atom. The Kier molecular flexibility index (Phi) is 6.23. The second-order valence-corrected chi connectivity index (χ2v) is 4.16. The molecular formula is C6H13O9P. The molecule has 3 atom stereocenters. The number of carbonyl (C=O) groups excluding carboxylic acids is 1. The third-order valence-electron chi connectivity index (χ3n) is 1.61. The number of Topliss-reactive ketones (excluding diaryl/α,β-unsaturated/α-hetero) is 1. The number of ketones is 1. The summed E-state index contributed by atoms with van der Waals surface area (Å²) in [6.07, 6.45) is -5.81. The van der Waals surface area contributed by atoms with Crippen LogP contribution in [0.4, 0.5) is 0 Å². The minimum absolute atomic E-state index is 0.884. The number of aliphatic hydroxyl groups is 4. The van der Waals surface area contributed by atoms with Crippen molar-refractivity contribution in [3.63, 3.8) is 0 Å². The van der Waals surface area contributed by atoms with Gasteiger partial charge >= 0.3 is 7.82 Å². The first-order valence-corrected chi connectivity index (χ1v) is 5.60. The predicted octanol–water partition coefficient (Wildman–Crippen LogP) is -3.26. The van der Waals surface area contributed by atoms with E-state index in [-0.39, 0.29) is 0 Å². The largest absolute Gasteiger partial charge is 0.470 e. The Hall–Kier alpha value is -0.380. The molecule has 0 aromatic heterocycles. The third kappa shape index (κ3) is 5.64. The summed E-state index contributed by atoms with van der Waals surface area (Å²) in [5.41, 5.74) is 0. The van der Waals surface area contributed by atoms with Gasteiger partial charge in [-0.25, -0.2) is 4.57 Å². The van der Waals surface area contributed by atoms with Gasteiger partial charge in [0.1, 0.15) is 24.9 Å². The average molecular weight is 260 g/mol. The van der Waals surface area contributed by atoms with E-state index in [1.807, 2.05) is 0 Å². The highest BCUT2D eigenvalue weighted by Gasteiger charge is 2.31. The normalized spacial score (nSPS) is 17.9. The van der Waals surface area contributed by atoms with Crippen LogP contribution in [0, 0.1) is 0 Å². The Morgan fingerprint density at radius 2 is 1.75 bits per heavy atom. The van der Waals surface area contributed by atoms with Crippen molar-refractivity contribution >= 4 is 13.6 Å². The summed E-state index contributed by atoms with van der Waals surface area (Å²) in [7, 11) is -4.85. The van der Waals surface area contributed by atoms with Gasteiger partial charge in [-0.3, -0.25) is 9.32 Å². The topological polar surface area (TPSA) is 165 Å². The molecule has 0 aromatic carbocycles. The van der Waals surface area contributed by atoms with Gasteiger partial charge in [-0.05, 0) is 0 Å². The summed E-state index contributed by atoms with van der Waals surface area (Å²) in [5.74, 6) is -1.23. The number of carbonyl (C=O) groups is 1. The van der Waals surface area contributed by atoms with Crippen LogP contribution in [0.15, 0.2) is 0 Å². The van der Waals surface area contributed by atoms with Gasteiger partial charge in [0.25, 0.3) is 0 Å². The van der Waals surface area contributed by atoms with Crippen molar-refractivity contribution < 1.29 is 44.1 Å². The summed E-state index contributed by atoms with van der Waals surface area (Å²) in [4.78, 5) is 27.5. The molecule has 10 heteroatoms. The van der Waals surface area contributed by atoms with Crippen LogP contribution in [0.1, 0.15) is 0 Å². The van der Waals surface area contributed by atoms with Crippen molar-refractivity contribution in [1.82, 2.24) is 0 Å². The van der Waals surface area contributed by atoms with Gasteiger partial charge in [0.2, 0.25) is 0 Å². The molecule has 0 radical (unpaired) electrons. The maximum absolute atomic E-state index is 11.0. The van der Waals surface area contributed by atoms with Crippen LogP contribution in [0.3, 0.4) is 0 Å². The van der Waals surface area contributed by atoms with Crippen LogP contribution < -0.4 is 0 Å². The molecule has 0 aliphatic rings. The van der Waals surface area contributed by atoms with E-state index in [1.54, 1.807) is 0 Å². The lowest BCUT2D eigenvalue weighted by atomic mass is 10.1.